The molecule has 0 atom stereocenters. The van der Waals surface area contributed by atoms with E-state index in [9.17, 15) is 9.59 Å². The fourth-order valence-electron chi connectivity index (χ4n) is 3.09. The Morgan fingerprint density at radius 1 is 0.679 bits per heavy atom. The van der Waals surface area contributed by atoms with Crippen molar-refractivity contribution >= 4 is 11.8 Å². The van der Waals surface area contributed by atoms with Gasteiger partial charge < -0.3 is 9.47 Å². The molecule has 0 unspecified atom stereocenters. The van der Waals surface area contributed by atoms with Gasteiger partial charge in [-0.15, -0.1) is 0 Å². The first kappa shape index (κ1) is 17.8. The molecule has 0 fully saturated rings. The van der Waals surface area contributed by atoms with Gasteiger partial charge in [0.05, 0.1) is 17.7 Å². The van der Waals surface area contributed by atoms with Gasteiger partial charge >= 0.3 is 0 Å². The third-order valence-corrected chi connectivity index (χ3v) is 4.52. The molecule has 5 heteroatoms. The number of rotatable bonds is 7. The number of ether oxygens (including phenoxy) is 2. The molecule has 1 aliphatic heterocycles. The van der Waals surface area contributed by atoms with Crippen LogP contribution in [0.1, 0.15) is 26.3 Å². The number of benzene rings is 3. The lowest BCUT2D eigenvalue weighted by molar-refractivity contribution is 0.0631. The van der Waals surface area contributed by atoms with E-state index in [0.717, 1.165) is 5.56 Å². The van der Waals surface area contributed by atoms with Crippen LogP contribution in [-0.4, -0.2) is 29.9 Å². The molecule has 3 aromatic carbocycles. The highest BCUT2D eigenvalue weighted by molar-refractivity contribution is 6.21. The second-order valence-electron chi connectivity index (χ2n) is 6.41. The van der Waals surface area contributed by atoms with Crippen LogP contribution in [0.25, 0.3) is 0 Å². The lowest BCUT2D eigenvalue weighted by Crippen LogP contribution is -2.33. The van der Waals surface area contributed by atoms with Gasteiger partial charge in [-0.1, -0.05) is 48.5 Å². The second kappa shape index (κ2) is 7.96. The van der Waals surface area contributed by atoms with Crippen molar-refractivity contribution < 1.29 is 19.1 Å². The van der Waals surface area contributed by atoms with Gasteiger partial charge in [0, 0.05) is 6.07 Å². The minimum Gasteiger partial charge on any atom is -0.492 e. The first-order valence-corrected chi connectivity index (χ1v) is 9.07. The molecule has 0 radical (unpaired) electrons. The summed E-state index contributed by atoms with van der Waals surface area (Å²) >= 11 is 0. The zero-order valence-electron chi connectivity index (χ0n) is 15.2. The quantitative estimate of drug-likeness (QED) is 0.589. The van der Waals surface area contributed by atoms with Crippen LogP contribution < -0.4 is 9.47 Å². The Labute approximate surface area is 163 Å². The maximum absolute atomic E-state index is 12.4. The van der Waals surface area contributed by atoms with Crippen molar-refractivity contribution in [3.63, 3.8) is 0 Å². The van der Waals surface area contributed by atoms with Gasteiger partial charge in [-0.2, -0.15) is 0 Å². The largest absolute Gasteiger partial charge is 0.492 e. The number of carbonyl (C=O) groups excluding carboxylic acids is 2. The Morgan fingerprint density at radius 2 is 1.29 bits per heavy atom. The molecule has 0 spiro atoms. The Bertz CT molecular complexity index is 965. The van der Waals surface area contributed by atoms with E-state index in [4.69, 9.17) is 9.47 Å². The molecule has 2 amide bonds. The number of hydrogen-bond donors (Lipinski definition) is 0. The number of carbonyl (C=O) groups is 2. The molecule has 28 heavy (non-hydrogen) atoms. The first-order valence-electron chi connectivity index (χ1n) is 9.07. The summed E-state index contributed by atoms with van der Waals surface area (Å²) in [4.78, 5) is 25.9. The molecule has 0 N–H and O–H groups in total. The van der Waals surface area contributed by atoms with Gasteiger partial charge in [-0.05, 0) is 29.8 Å². The first-order chi connectivity index (χ1) is 13.7. The molecule has 0 aliphatic carbocycles. The monoisotopic (exact) mass is 373 g/mol. The zero-order valence-corrected chi connectivity index (χ0v) is 15.2. The third-order valence-electron chi connectivity index (χ3n) is 4.52. The van der Waals surface area contributed by atoms with Crippen molar-refractivity contribution in [2.75, 3.05) is 13.2 Å². The molecule has 5 nitrogen and oxygen atoms in total. The maximum Gasteiger partial charge on any atom is 0.261 e. The average Bonchev–Trinajstić information content (AvgIpc) is 2.98. The summed E-state index contributed by atoms with van der Waals surface area (Å²) in [5, 5.41) is 0. The molecular weight excluding hydrogens is 354 g/mol. The molecule has 0 saturated heterocycles. The molecule has 3 aromatic rings. The van der Waals surface area contributed by atoms with Gasteiger partial charge in [0.25, 0.3) is 11.8 Å². The highest BCUT2D eigenvalue weighted by atomic mass is 16.5. The van der Waals surface area contributed by atoms with Crippen LogP contribution >= 0.6 is 0 Å². The van der Waals surface area contributed by atoms with E-state index in [1.54, 1.807) is 30.3 Å². The predicted molar refractivity (Wildman–Crippen MR) is 105 cm³/mol. The van der Waals surface area contributed by atoms with E-state index in [0.29, 0.717) is 29.2 Å². The Balaban J connectivity index is 1.32. The smallest absolute Gasteiger partial charge is 0.261 e. The van der Waals surface area contributed by atoms with Crippen LogP contribution in [0.5, 0.6) is 11.5 Å². The Morgan fingerprint density at radius 3 is 1.96 bits per heavy atom. The molecule has 0 bridgehead atoms. The van der Waals surface area contributed by atoms with E-state index in [1.807, 2.05) is 48.5 Å². The minimum atomic E-state index is -0.274. The number of fused-ring (bicyclic) bond motifs is 1. The van der Waals surface area contributed by atoms with Crippen molar-refractivity contribution in [3.05, 3.63) is 95.6 Å². The lowest BCUT2D eigenvalue weighted by Gasteiger charge is -2.15. The predicted octanol–water partition coefficient (Wildman–Crippen LogP) is 3.94. The van der Waals surface area contributed by atoms with E-state index < -0.39 is 0 Å². The molecule has 4 rings (SSSR count). The minimum absolute atomic E-state index is 0.196. The van der Waals surface area contributed by atoms with Crippen LogP contribution in [0.3, 0.4) is 0 Å². The van der Waals surface area contributed by atoms with Crippen LogP contribution in [0.15, 0.2) is 78.9 Å². The summed E-state index contributed by atoms with van der Waals surface area (Å²) in [6.07, 6.45) is 0. The van der Waals surface area contributed by atoms with Crippen molar-refractivity contribution in [1.82, 2.24) is 4.90 Å². The van der Waals surface area contributed by atoms with Crippen LogP contribution in [0, 0.1) is 0 Å². The van der Waals surface area contributed by atoms with Crippen LogP contribution in [0.4, 0.5) is 0 Å². The van der Waals surface area contributed by atoms with Gasteiger partial charge in [0.15, 0.2) is 0 Å². The molecule has 1 heterocycles. The second-order valence-corrected chi connectivity index (χ2v) is 6.41. The zero-order chi connectivity index (χ0) is 19.3. The fraction of sp³-hybridized carbons (Fsp3) is 0.130. The van der Waals surface area contributed by atoms with Gasteiger partial charge in [0.1, 0.15) is 24.7 Å². The molecular formula is C23H19NO4. The number of amides is 2. The summed E-state index contributed by atoms with van der Waals surface area (Å²) in [6.45, 7) is 0.883. The van der Waals surface area contributed by atoms with E-state index in [2.05, 4.69) is 0 Å². The summed E-state index contributed by atoms with van der Waals surface area (Å²) in [6, 6.07) is 24.1. The summed E-state index contributed by atoms with van der Waals surface area (Å²) in [7, 11) is 0. The summed E-state index contributed by atoms with van der Waals surface area (Å²) < 4.78 is 11.5. The average molecular weight is 373 g/mol. The lowest BCUT2D eigenvalue weighted by atomic mass is 10.1. The normalized spacial score (nSPS) is 12.8. The van der Waals surface area contributed by atoms with Crippen molar-refractivity contribution in [3.8, 4) is 11.5 Å². The molecule has 1 aliphatic rings. The summed E-state index contributed by atoms with van der Waals surface area (Å²) in [5.41, 5.74) is 1.98. The van der Waals surface area contributed by atoms with Crippen molar-refractivity contribution in [2.45, 2.75) is 6.61 Å². The Kier molecular flexibility index (Phi) is 5.06. The molecule has 0 saturated carbocycles. The maximum atomic E-state index is 12.4. The van der Waals surface area contributed by atoms with Crippen LogP contribution in [-0.2, 0) is 6.61 Å². The topological polar surface area (TPSA) is 55.8 Å². The fourth-order valence-corrected chi connectivity index (χ4v) is 3.09. The third kappa shape index (κ3) is 3.74. The highest BCUT2D eigenvalue weighted by Crippen LogP contribution is 2.23. The van der Waals surface area contributed by atoms with Gasteiger partial charge in [-0.3, -0.25) is 14.5 Å². The number of imide groups is 1. The SMILES string of the molecule is O=C1c2ccccc2C(=O)N1CCOc1cccc(OCc2ccccc2)c1. The Hall–Kier alpha value is -3.60. The van der Waals surface area contributed by atoms with Crippen molar-refractivity contribution in [2.24, 2.45) is 0 Å². The van der Waals surface area contributed by atoms with Crippen molar-refractivity contribution in [1.29, 1.82) is 0 Å². The van der Waals surface area contributed by atoms with E-state index >= 15 is 0 Å². The highest BCUT2D eigenvalue weighted by Gasteiger charge is 2.34. The van der Waals surface area contributed by atoms with Gasteiger partial charge in [-0.25, -0.2) is 0 Å². The van der Waals surface area contributed by atoms with Crippen LogP contribution in [0.2, 0.25) is 0 Å². The number of nitrogens with zero attached hydrogens (tertiary/aromatic N) is 1. The summed E-state index contributed by atoms with van der Waals surface area (Å²) in [5.74, 6) is 0.776. The van der Waals surface area contributed by atoms with Gasteiger partial charge in [0.2, 0.25) is 0 Å². The molecule has 140 valence electrons. The molecule has 0 aromatic heterocycles. The number of hydrogen-bond acceptors (Lipinski definition) is 4. The standard InChI is InChI=1S/C23H19NO4/c25-22-20-11-4-5-12-21(20)23(26)24(22)13-14-27-18-9-6-10-19(15-18)28-16-17-7-2-1-3-8-17/h1-12,15H,13-14,16H2. The van der Waals surface area contributed by atoms with E-state index in [1.165, 1.54) is 4.90 Å². The van der Waals surface area contributed by atoms with E-state index in [-0.39, 0.29) is 25.0 Å².